The van der Waals surface area contributed by atoms with Crippen LogP contribution in [0.2, 0.25) is 0 Å². The van der Waals surface area contributed by atoms with Gasteiger partial charge in [0, 0.05) is 54.6 Å². The molecule has 5 aromatic carbocycles. The summed E-state index contributed by atoms with van der Waals surface area (Å²) in [7, 11) is -3.53. The Bertz CT molecular complexity index is 1630. The first-order valence-electron chi connectivity index (χ1n) is 15.6. The van der Waals surface area contributed by atoms with Crippen molar-refractivity contribution in [2.75, 3.05) is 5.90 Å². The molecule has 0 spiro atoms. The van der Waals surface area contributed by atoms with Crippen molar-refractivity contribution in [1.29, 1.82) is 0 Å². The number of hydrogen-bond acceptors (Lipinski definition) is 1. The number of rotatable bonds is 7. The monoisotopic (exact) mass is 1050 g/mol. The van der Waals surface area contributed by atoms with Crippen molar-refractivity contribution in [3.63, 3.8) is 0 Å². The minimum absolute atomic E-state index is 0. The Morgan fingerprint density at radius 1 is 0.482 bits per heavy atom. The van der Waals surface area contributed by atoms with Crippen LogP contribution in [-0.2, 0) is 87.7 Å². The van der Waals surface area contributed by atoms with Crippen molar-refractivity contribution >= 4 is 42.4 Å². The number of hydrogen-bond donors (Lipinski definition) is 0. The standard InChI is InChI=1S/C25H22OP2.C8H7.C5H10.6CO.Fe.Mn.Pt/c26-28(24-17-9-3-10-18-24,25-19-11-4-12-20-25)21-27(22-13-5-1-6-14-22)23-15-7-2-8-16-23;1-2-8-6-4-3-5-7-8;1-2-4-5-3-1;6*1-2;;;/h1-20H,21H2;1-7H;1-5H2;;;;;;;;;/q;-1;;;;;;;;;+2;. The fourth-order valence-electron chi connectivity index (χ4n) is 4.83. The zero-order valence-electron chi connectivity index (χ0n) is 30.1. The Morgan fingerprint density at radius 2 is 0.714 bits per heavy atom. The normalized spacial score (nSPS) is 9.30. The minimum atomic E-state index is -2.78. The molecule has 5 aromatic rings. The van der Waals surface area contributed by atoms with E-state index >= 15 is 0 Å². The molecule has 0 saturated heterocycles. The van der Waals surface area contributed by atoms with Gasteiger partial charge in [0.1, 0.15) is 7.14 Å². The molecule has 0 atom stereocenters. The molecule has 56 heavy (non-hydrogen) atoms. The first-order valence-corrected chi connectivity index (χ1v) is 19.0. The van der Waals surface area contributed by atoms with Crippen LogP contribution in [0.5, 0.6) is 0 Å². The molecule has 12 heteroatoms. The van der Waals surface area contributed by atoms with Crippen LogP contribution in [0, 0.1) is 46.5 Å². The Labute approximate surface area is 369 Å². The third-order valence-corrected chi connectivity index (χ3v) is 13.9. The van der Waals surface area contributed by atoms with E-state index in [2.05, 4.69) is 88.4 Å². The maximum Gasteiger partial charge on any atom is 2.00 e. The average Bonchev–Trinajstić information content (AvgIpc) is 3.90. The van der Waals surface area contributed by atoms with E-state index in [0.29, 0.717) is 5.90 Å². The average molecular weight is 1050 g/mol. The van der Waals surface area contributed by atoms with Crippen LogP contribution in [0.3, 0.4) is 0 Å². The maximum atomic E-state index is 14.6. The van der Waals surface area contributed by atoms with E-state index in [0.717, 1.165) is 16.2 Å². The molecule has 0 aromatic heterocycles. The summed E-state index contributed by atoms with van der Waals surface area (Å²) in [4.78, 5) is 0. The fraction of sp³-hybridized carbons (Fsp3) is 0.136. The molecule has 0 unspecified atom stereocenters. The molecule has 6 rings (SSSR count). The Morgan fingerprint density at radius 3 is 0.946 bits per heavy atom. The van der Waals surface area contributed by atoms with E-state index in [1.807, 2.05) is 103 Å². The van der Waals surface area contributed by atoms with Gasteiger partial charge in [0.25, 0.3) is 0 Å². The minimum Gasteiger partial charge on any atom is -0.292 e. The Balaban J connectivity index is -0.000000185. The van der Waals surface area contributed by atoms with Crippen LogP contribution in [0.25, 0.3) is 6.08 Å². The van der Waals surface area contributed by atoms with Crippen LogP contribution in [-0.4, -0.2) is 5.90 Å². The van der Waals surface area contributed by atoms with Crippen molar-refractivity contribution in [3.05, 3.63) is 204 Å². The zero-order valence-corrected chi connectivity index (χ0v) is 36.5. The Kier molecular flexibility index (Phi) is 55.1. The van der Waals surface area contributed by atoms with Gasteiger partial charge in [-0.05, 0) is 18.5 Å². The first kappa shape index (κ1) is 64.6. The molecule has 1 saturated carbocycles. The van der Waals surface area contributed by atoms with E-state index < -0.39 is 15.1 Å². The van der Waals surface area contributed by atoms with Crippen molar-refractivity contribution in [3.8, 4) is 0 Å². The van der Waals surface area contributed by atoms with Gasteiger partial charge in [-0.25, -0.2) is 6.08 Å². The van der Waals surface area contributed by atoms with Gasteiger partial charge in [0.15, 0.2) is 0 Å². The van der Waals surface area contributed by atoms with Gasteiger partial charge in [-0.15, -0.1) is 12.1 Å². The SMILES string of the molecule is C1CCCC1.O=P(CP(c1ccccc1)c1ccccc1)(c1ccccc1)c1ccccc1.[C-]#[O+].[C-]#[O+].[C-]#[O+].[C-]#[O+].[C-]#[O+].[C-]#[O+].[CH-]=Cc1ccccc1.[Fe].[Mn+2].[Pt]. The second kappa shape index (κ2) is 47.8. The molecule has 291 valence electrons. The van der Waals surface area contributed by atoms with E-state index in [4.69, 9.17) is 34.5 Å². The molecule has 1 radical (unpaired) electrons. The van der Waals surface area contributed by atoms with Crippen molar-refractivity contribution in [1.82, 2.24) is 0 Å². The zero-order chi connectivity index (χ0) is 40.6. The van der Waals surface area contributed by atoms with Crippen LogP contribution in [0.1, 0.15) is 37.7 Å². The summed E-state index contributed by atoms with van der Waals surface area (Å²) in [5.41, 5.74) is 1.06. The third-order valence-electron chi connectivity index (χ3n) is 7.06. The molecule has 1 fully saturated rings. The van der Waals surface area contributed by atoms with Crippen LogP contribution in [0.15, 0.2) is 152 Å². The fourth-order valence-corrected chi connectivity index (χ4v) is 12.0. The van der Waals surface area contributed by atoms with E-state index in [9.17, 15) is 4.57 Å². The second-order valence-corrected chi connectivity index (χ2v) is 15.5. The Hall–Kier alpha value is -3.33. The summed E-state index contributed by atoms with van der Waals surface area (Å²) in [6.07, 6.45) is 9.08. The smallest absolute Gasteiger partial charge is 0.292 e. The van der Waals surface area contributed by atoms with E-state index in [1.165, 1.54) is 42.7 Å². The van der Waals surface area contributed by atoms with E-state index in [-0.39, 0.29) is 55.2 Å². The molecule has 1 aliphatic carbocycles. The van der Waals surface area contributed by atoms with Gasteiger partial charge in [-0.2, -0.15) is 5.56 Å². The third kappa shape index (κ3) is 26.5. The molecule has 0 amide bonds. The molecule has 0 heterocycles. The van der Waals surface area contributed by atoms with Crippen molar-refractivity contribution in [2.45, 2.75) is 32.1 Å². The molecule has 1 aliphatic rings. The summed E-state index contributed by atoms with van der Waals surface area (Å²) >= 11 is 0. The van der Waals surface area contributed by atoms with Crippen LogP contribution >= 0.6 is 15.1 Å². The van der Waals surface area contributed by atoms with Crippen LogP contribution < -0.4 is 21.2 Å². The number of benzene rings is 5. The van der Waals surface area contributed by atoms with E-state index in [1.54, 1.807) is 6.08 Å². The summed E-state index contributed by atoms with van der Waals surface area (Å²) in [5, 5.41) is 4.38. The molecule has 0 N–H and O–H groups in total. The van der Waals surface area contributed by atoms with Gasteiger partial charge in [0.05, 0.1) is 0 Å². The van der Waals surface area contributed by atoms with Gasteiger partial charge in [-0.3, -0.25) is 6.58 Å². The predicted molar refractivity (Wildman–Crippen MR) is 206 cm³/mol. The molecular weight excluding hydrogens is 1010 g/mol. The van der Waals surface area contributed by atoms with Gasteiger partial charge >= 0.3 is 84.9 Å². The van der Waals surface area contributed by atoms with Crippen LogP contribution in [0.4, 0.5) is 0 Å². The van der Waals surface area contributed by atoms with Crippen molar-refractivity contribution in [2.24, 2.45) is 0 Å². The molecular formula is C44H39FeMnO7P2Pt+. The summed E-state index contributed by atoms with van der Waals surface area (Å²) in [6, 6.07) is 50.8. The van der Waals surface area contributed by atoms with Gasteiger partial charge in [-0.1, -0.05) is 172 Å². The van der Waals surface area contributed by atoms with Crippen molar-refractivity contribution < 1.29 is 87.7 Å². The van der Waals surface area contributed by atoms with Gasteiger partial charge in [0.2, 0.25) is 0 Å². The summed E-state index contributed by atoms with van der Waals surface area (Å²) in [5.74, 6) is 0.629. The quantitative estimate of drug-likeness (QED) is 0.0685. The molecule has 7 nitrogen and oxygen atoms in total. The first-order chi connectivity index (χ1) is 26.2. The topological polar surface area (TPSA) is 136 Å². The second-order valence-electron chi connectivity index (χ2n) is 10.00. The molecule has 0 bridgehead atoms. The maximum absolute atomic E-state index is 14.6. The summed E-state index contributed by atoms with van der Waals surface area (Å²) < 4.78 is 59.6. The predicted octanol–water partition coefficient (Wildman–Crippen LogP) is 8.94. The molecule has 0 aliphatic heterocycles. The summed E-state index contributed by atoms with van der Waals surface area (Å²) in [6.45, 7) is 32.2. The van der Waals surface area contributed by atoms with Gasteiger partial charge < -0.3 is 4.57 Å². The largest absolute Gasteiger partial charge is 2.00 e.